The SMILES string of the molecule is CS(=O)(=O)NCc1ccc(C(=O)OCC(=O)O[C@@H](Cc2c(Cl)c[n+]([O-])cc2Cl)c2ccc(OC(F)F)c(OCC3CC3)c2)cc1. The van der Waals surface area contributed by atoms with E-state index in [-0.39, 0.29) is 58.2 Å². The Kier molecular flexibility index (Phi) is 11.4. The first-order valence-electron chi connectivity index (χ1n) is 13.5. The molecule has 242 valence electrons. The summed E-state index contributed by atoms with van der Waals surface area (Å²) in [5.74, 6) is -1.72. The van der Waals surface area contributed by atoms with Crippen molar-refractivity contribution in [3.63, 3.8) is 0 Å². The summed E-state index contributed by atoms with van der Waals surface area (Å²) in [6.45, 7) is -3.60. The Hall–Kier alpha value is -3.72. The van der Waals surface area contributed by atoms with E-state index in [2.05, 4.69) is 9.46 Å². The number of pyridine rings is 1. The summed E-state index contributed by atoms with van der Waals surface area (Å²) in [5, 5.41) is 11.7. The number of nitrogens with one attached hydrogen (secondary N) is 1. The van der Waals surface area contributed by atoms with Gasteiger partial charge < -0.3 is 24.2 Å². The molecule has 1 aliphatic carbocycles. The monoisotopic (exact) mass is 688 g/mol. The Morgan fingerprint density at radius 1 is 1.07 bits per heavy atom. The molecule has 1 saturated carbocycles. The van der Waals surface area contributed by atoms with E-state index >= 15 is 0 Å². The van der Waals surface area contributed by atoms with Gasteiger partial charge in [-0.05, 0) is 54.2 Å². The fourth-order valence-corrected chi connectivity index (χ4v) is 5.06. The van der Waals surface area contributed by atoms with E-state index in [1.807, 2.05) is 0 Å². The van der Waals surface area contributed by atoms with Crippen LogP contribution in [-0.4, -0.2) is 46.4 Å². The van der Waals surface area contributed by atoms with E-state index in [0.717, 1.165) is 31.5 Å². The molecule has 1 aromatic heterocycles. The molecule has 0 spiro atoms. The molecule has 0 amide bonds. The first kappa shape index (κ1) is 34.2. The van der Waals surface area contributed by atoms with Crippen molar-refractivity contribution < 1.29 is 50.5 Å². The molecular formula is C29H28Cl2F2N2O9S. The number of ether oxygens (including phenoxy) is 4. The van der Waals surface area contributed by atoms with E-state index in [0.29, 0.717) is 15.9 Å². The van der Waals surface area contributed by atoms with Gasteiger partial charge >= 0.3 is 18.6 Å². The second-order valence-corrected chi connectivity index (χ2v) is 12.8. The number of rotatable bonds is 15. The zero-order valence-corrected chi connectivity index (χ0v) is 26.0. The molecule has 4 rings (SSSR count). The molecule has 45 heavy (non-hydrogen) atoms. The van der Waals surface area contributed by atoms with Crippen LogP contribution in [0.2, 0.25) is 10.0 Å². The lowest BCUT2D eigenvalue weighted by molar-refractivity contribution is -0.605. The van der Waals surface area contributed by atoms with Crippen molar-refractivity contribution >= 4 is 45.2 Å². The highest BCUT2D eigenvalue weighted by molar-refractivity contribution is 7.88. The molecule has 0 radical (unpaired) electrons. The van der Waals surface area contributed by atoms with Gasteiger partial charge in [0, 0.05) is 18.5 Å². The average Bonchev–Trinajstić information content (AvgIpc) is 3.80. The molecule has 2 aromatic carbocycles. The minimum absolute atomic E-state index is 0.00464. The molecule has 0 bridgehead atoms. The lowest BCUT2D eigenvalue weighted by atomic mass is 10.0. The molecule has 0 saturated heterocycles. The fraction of sp³-hybridized carbons (Fsp3) is 0.345. The first-order valence-corrected chi connectivity index (χ1v) is 16.1. The number of aromatic nitrogens is 1. The summed E-state index contributed by atoms with van der Waals surface area (Å²) in [4.78, 5) is 25.4. The minimum atomic E-state index is -3.40. The molecule has 3 aromatic rings. The summed E-state index contributed by atoms with van der Waals surface area (Å²) in [5.41, 5.74) is 1.25. The van der Waals surface area contributed by atoms with Gasteiger partial charge in [0.2, 0.25) is 10.0 Å². The lowest BCUT2D eigenvalue weighted by Crippen LogP contribution is -2.26. The number of hydrogen-bond donors (Lipinski definition) is 1. The lowest BCUT2D eigenvalue weighted by Gasteiger charge is -2.21. The molecule has 16 heteroatoms. The largest absolute Gasteiger partial charge is 0.619 e. The number of benzene rings is 2. The van der Waals surface area contributed by atoms with Gasteiger partial charge in [-0.15, -0.1) is 0 Å². The third-order valence-corrected chi connectivity index (χ3v) is 7.82. The predicted octanol–water partition coefficient (Wildman–Crippen LogP) is 4.75. The van der Waals surface area contributed by atoms with Crippen LogP contribution in [-0.2, 0) is 37.3 Å². The summed E-state index contributed by atoms with van der Waals surface area (Å²) in [6.07, 6.45) is 3.76. The zero-order chi connectivity index (χ0) is 32.7. The topological polar surface area (TPSA) is 144 Å². The van der Waals surface area contributed by atoms with Crippen LogP contribution in [0, 0.1) is 11.1 Å². The number of carbonyl (C=O) groups is 2. The summed E-state index contributed by atoms with van der Waals surface area (Å²) >= 11 is 12.5. The number of alkyl halides is 2. The highest BCUT2D eigenvalue weighted by Gasteiger charge is 2.27. The first-order chi connectivity index (χ1) is 21.3. The number of carbonyl (C=O) groups excluding carboxylic acids is 2. The standard InChI is InChI=1S/C29H28Cl2F2N2O9S/c1-45(39,40)34-12-17-4-6-19(7-5-17)28(37)42-16-27(36)43-25(11-21-22(30)13-35(38)14-23(21)31)20-8-9-24(44-29(32)33)26(10-20)41-15-18-2-3-18/h4-10,13-14,18,25,29,34H,2-3,11-12,15-16H2,1H3/t25-/m0/s1. The second kappa shape index (κ2) is 15.0. The van der Waals surface area contributed by atoms with Gasteiger partial charge in [-0.1, -0.05) is 41.4 Å². The number of esters is 2. The molecule has 1 atom stereocenters. The van der Waals surface area contributed by atoms with Crippen molar-refractivity contribution in [1.29, 1.82) is 0 Å². The van der Waals surface area contributed by atoms with Gasteiger partial charge in [0.15, 0.2) is 30.5 Å². The van der Waals surface area contributed by atoms with Crippen LogP contribution in [0.15, 0.2) is 54.9 Å². The van der Waals surface area contributed by atoms with Crippen molar-refractivity contribution in [3.05, 3.63) is 92.4 Å². The van der Waals surface area contributed by atoms with Crippen LogP contribution >= 0.6 is 23.2 Å². The Morgan fingerprint density at radius 3 is 2.33 bits per heavy atom. The molecule has 1 N–H and O–H groups in total. The van der Waals surface area contributed by atoms with Gasteiger partial charge in [0.1, 0.15) is 16.1 Å². The van der Waals surface area contributed by atoms with Crippen molar-refractivity contribution in [1.82, 2.24) is 4.72 Å². The van der Waals surface area contributed by atoms with E-state index in [4.69, 9.17) is 37.4 Å². The Morgan fingerprint density at radius 2 is 1.73 bits per heavy atom. The molecule has 0 unspecified atom stereocenters. The summed E-state index contributed by atoms with van der Waals surface area (Å²) in [6, 6.07) is 9.89. The third kappa shape index (κ3) is 10.7. The maximum Gasteiger partial charge on any atom is 0.387 e. The van der Waals surface area contributed by atoms with Gasteiger partial charge in [0.25, 0.3) is 0 Å². The number of nitrogens with zero attached hydrogens (tertiary/aromatic N) is 1. The zero-order valence-electron chi connectivity index (χ0n) is 23.7. The van der Waals surface area contributed by atoms with Gasteiger partial charge in [0.05, 0.1) is 18.4 Å². The second-order valence-electron chi connectivity index (χ2n) is 10.2. The Labute approximate surface area is 267 Å². The Bertz CT molecular complexity index is 1620. The van der Waals surface area contributed by atoms with Crippen LogP contribution in [0.3, 0.4) is 0 Å². The van der Waals surface area contributed by atoms with Crippen LogP contribution < -0.4 is 18.9 Å². The van der Waals surface area contributed by atoms with E-state index in [1.165, 1.54) is 42.5 Å². The molecular weight excluding hydrogens is 661 g/mol. The van der Waals surface area contributed by atoms with Crippen molar-refractivity contribution in [2.24, 2.45) is 5.92 Å². The van der Waals surface area contributed by atoms with E-state index in [9.17, 15) is 32.0 Å². The van der Waals surface area contributed by atoms with Gasteiger partial charge in [-0.25, -0.2) is 22.7 Å². The smallest absolute Gasteiger partial charge is 0.387 e. The predicted molar refractivity (Wildman–Crippen MR) is 158 cm³/mol. The number of sulfonamides is 1. The van der Waals surface area contributed by atoms with Crippen LogP contribution in [0.25, 0.3) is 0 Å². The van der Waals surface area contributed by atoms with Crippen molar-refractivity contribution in [2.45, 2.75) is 38.5 Å². The summed E-state index contributed by atoms with van der Waals surface area (Å²) in [7, 11) is -3.40. The highest BCUT2D eigenvalue weighted by Crippen LogP contribution is 2.37. The fourth-order valence-electron chi connectivity index (χ4n) is 4.04. The van der Waals surface area contributed by atoms with E-state index in [1.54, 1.807) is 0 Å². The molecule has 1 fully saturated rings. The molecule has 1 aliphatic rings. The van der Waals surface area contributed by atoms with Crippen LogP contribution in [0.4, 0.5) is 8.78 Å². The van der Waals surface area contributed by atoms with Gasteiger partial charge in [-0.2, -0.15) is 13.5 Å². The maximum absolute atomic E-state index is 13.1. The minimum Gasteiger partial charge on any atom is -0.619 e. The number of halogens is 4. The Balaban J connectivity index is 1.50. The normalized spacial score (nSPS) is 13.7. The maximum atomic E-state index is 13.1. The average molecular weight is 690 g/mol. The quantitative estimate of drug-likeness (QED) is 0.136. The van der Waals surface area contributed by atoms with Crippen molar-refractivity contribution in [2.75, 3.05) is 19.5 Å². The van der Waals surface area contributed by atoms with Crippen LogP contribution in [0.1, 0.15) is 46.0 Å². The van der Waals surface area contributed by atoms with Crippen molar-refractivity contribution in [3.8, 4) is 11.5 Å². The molecule has 1 heterocycles. The third-order valence-electron chi connectivity index (χ3n) is 6.50. The molecule has 11 nitrogen and oxygen atoms in total. The van der Waals surface area contributed by atoms with Crippen LogP contribution in [0.5, 0.6) is 11.5 Å². The molecule has 0 aliphatic heterocycles. The number of hydrogen-bond acceptors (Lipinski definition) is 9. The highest BCUT2D eigenvalue weighted by atomic mass is 35.5. The van der Waals surface area contributed by atoms with E-state index < -0.39 is 41.3 Å². The summed E-state index contributed by atoms with van der Waals surface area (Å²) < 4.78 is 72.5. The van der Waals surface area contributed by atoms with Gasteiger partial charge in [-0.3, -0.25) is 0 Å².